The van der Waals surface area contributed by atoms with Gasteiger partial charge in [0.1, 0.15) is 5.56 Å². The lowest BCUT2D eigenvalue weighted by Gasteiger charge is -2.24. The van der Waals surface area contributed by atoms with E-state index < -0.39 is 53.1 Å². The molecule has 3 aliphatic carbocycles. The van der Waals surface area contributed by atoms with Crippen LogP contribution in [0, 0.1) is 54.4 Å². The Kier molecular flexibility index (Phi) is 38.1. The van der Waals surface area contributed by atoms with E-state index in [4.69, 9.17) is 43.7 Å². The minimum atomic E-state index is -1.32. The Balaban J connectivity index is 0.000000231. The van der Waals surface area contributed by atoms with E-state index in [9.17, 15) is 52.3 Å². The van der Waals surface area contributed by atoms with Crippen molar-refractivity contribution >= 4 is 193 Å². The molecule has 8 aromatic heterocycles. The maximum absolute atomic E-state index is 12.5. The fourth-order valence-electron chi connectivity index (χ4n) is 11.2. The molecule has 4 aliphatic rings. The summed E-state index contributed by atoms with van der Waals surface area (Å²) in [5, 5.41) is 25.8. The summed E-state index contributed by atoms with van der Waals surface area (Å²) in [6.07, 6.45) is 21.5. The third kappa shape index (κ3) is 25.7. The molecule has 1 fully saturated rings. The number of aldehydes is 1. The molecule has 9 heterocycles. The number of aromatic carboxylic acids is 3. The molecule has 0 saturated carbocycles. The van der Waals surface area contributed by atoms with Crippen molar-refractivity contribution in [3.8, 4) is 0 Å². The largest absolute Gasteiger partial charge is 0.478 e. The second-order valence-corrected chi connectivity index (χ2v) is 30.6. The number of ether oxygens (including phenoxy) is 6. The van der Waals surface area contributed by atoms with Crippen LogP contribution in [0.3, 0.4) is 0 Å². The molecule has 112 heavy (non-hydrogen) atoms. The smallest absolute Gasteiger partial charge is 0.340 e. The first kappa shape index (κ1) is 94.5. The van der Waals surface area contributed by atoms with Gasteiger partial charge in [0.05, 0.1) is 85.7 Å². The van der Waals surface area contributed by atoms with Crippen LogP contribution in [0.5, 0.6) is 0 Å². The summed E-state index contributed by atoms with van der Waals surface area (Å²) in [6, 6.07) is 2.69. The highest BCUT2D eigenvalue weighted by Gasteiger charge is 2.46. The van der Waals surface area contributed by atoms with E-state index in [1.165, 1.54) is 50.4 Å². The number of rotatable bonds is 13. The molecule has 0 unspecified atom stereocenters. The van der Waals surface area contributed by atoms with Crippen molar-refractivity contribution in [1.29, 1.82) is 0 Å². The number of hydrogen-bond donors (Lipinski definition) is 3. The topological polar surface area (TPSA) is 390 Å². The Labute approximate surface area is 710 Å². The second-order valence-electron chi connectivity index (χ2n) is 23.6. The molecule has 1 spiro atoms. The number of carboxylic acids is 3. The van der Waals surface area contributed by atoms with Gasteiger partial charge in [-0.15, -0.1) is 0 Å². The van der Waals surface area contributed by atoms with Crippen LogP contribution in [0.1, 0.15) is 196 Å². The van der Waals surface area contributed by atoms with Crippen LogP contribution in [-0.2, 0) is 69.5 Å². The van der Waals surface area contributed by atoms with E-state index in [1.54, 1.807) is 72.5 Å². The van der Waals surface area contributed by atoms with Gasteiger partial charge in [-0.1, -0.05) is 0 Å². The van der Waals surface area contributed by atoms with Gasteiger partial charge in [-0.25, -0.2) is 33.8 Å². The Bertz CT molecular complexity index is 4800. The average Bonchev–Trinajstić information content (AvgIpc) is 1.60. The SMILES string of the molecule is CCOC(=O)/C=C/c1c(Br)cnc(C)c1C(=O)OC.CCOC(=O)CCc1c(Br)cnc(C)c1C(=O)OC.Cc1ncc(Br)c(C=O)c1C(=O)O.Cc1ncc(Br)c2c1C(=O)CC2.Cc1ncc(Br)c2c1C(=O)CC2.Cc1ncc(Br)c2c1C1(CC2)OCCO1.Cc1ncc(Br)cc1C(=O)O.O=C(O)c1cc(Br)cnc1F. The Morgan fingerprint density at radius 1 is 0.500 bits per heavy atom. The van der Waals surface area contributed by atoms with Crippen LogP contribution < -0.4 is 0 Å². The lowest BCUT2D eigenvalue weighted by molar-refractivity contribution is -0.163. The molecule has 12 rings (SSSR count). The number of halogens is 9. The minimum absolute atomic E-state index is 0.0515. The molecular weight excluding hydrogens is 1990 g/mol. The Morgan fingerprint density at radius 3 is 1.38 bits per heavy atom. The molecule has 594 valence electrons. The fourth-order valence-corrected chi connectivity index (χ4v) is 14.7. The zero-order chi connectivity index (χ0) is 83.6. The minimum Gasteiger partial charge on any atom is -0.478 e. The molecular formula is C76H73Br8FN8O19. The normalized spacial score (nSPS) is 12.7. The summed E-state index contributed by atoms with van der Waals surface area (Å²) in [5.74, 6) is -6.13. The van der Waals surface area contributed by atoms with Crippen LogP contribution >= 0.6 is 127 Å². The monoisotopic (exact) mass is 2050 g/mol. The molecule has 0 radical (unpaired) electrons. The van der Waals surface area contributed by atoms with Gasteiger partial charge in [-0.2, -0.15) is 4.39 Å². The van der Waals surface area contributed by atoms with Gasteiger partial charge >= 0.3 is 41.8 Å². The number of methoxy groups -OCH3 is 2. The molecule has 0 aromatic carbocycles. The van der Waals surface area contributed by atoms with Crippen LogP contribution in [0.25, 0.3) is 6.08 Å². The van der Waals surface area contributed by atoms with Gasteiger partial charge in [0, 0.05) is 162 Å². The predicted octanol–water partition coefficient (Wildman–Crippen LogP) is 17.0. The summed E-state index contributed by atoms with van der Waals surface area (Å²) in [4.78, 5) is 143. The Hall–Kier alpha value is -8.07. The van der Waals surface area contributed by atoms with Gasteiger partial charge < -0.3 is 43.7 Å². The molecule has 36 heteroatoms. The molecule has 8 aromatic rings. The zero-order valence-electron chi connectivity index (χ0n) is 61.8. The zero-order valence-corrected chi connectivity index (χ0v) is 74.5. The second kappa shape index (κ2) is 45.1. The first-order valence-corrected chi connectivity index (χ1v) is 39.7. The first-order valence-electron chi connectivity index (χ1n) is 33.4. The number of aromatic nitrogens is 8. The average molecular weight is 2060 g/mol. The van der Waals surface area contributed by atoms with E-state index in [2.05, 4.69) is 167 Å². The van der Waals surface area contributed by atoms with Crippen molar-refractivity contribution in [2.24, 2.45) is 0 Å². The van der Waals surface area contributed by atoms with Crippen LogP contribution in [-0.4, -0.2) is 155 Å². The van der Waals surface area contributed by atoms with Crippen molar-refractivity contribution < 1.29 is 96.1 Å². The number of ketones is 2. The molecule has 0 bridgehead atoms. The molecule has 0 atom stereocenters. The van der Waals surface area contributed by atoms with E-state index in [1.807, 2.05) is 27.0 Å². The van der Waals surface area contributed by atoms with E-state index in [-0.39, 0.29) is 40.6 Å². The summed E-state index contributed by atoms with van der Waals surface area (Å²) >= 11 is 26.1. The van der Waals surface area contributed by atoms with Gasteiger partial charge in [0.2, 0.25) is 5.95 Å². The van der Waals surface area contributed by atoms with Crippen molar-refractivity contribution in [1.82, 2.24) is 39.9 Å². The predicted molar refractivity (Wildman–Crippen MR) is 435 cm³/mol. The molecule has 1 aliphatic heterocycles. The number of carbonyl (C=O) groups excluding carboxylic acids is 7. The first-order chi connectivity index (χ1) is 52.9. The lowest BCUT2D eigenvalue weighted by Crippen LogP contribution is -2.24. The van der Waals surface area contributed by atoms with Gasteiger partial charge in [-0.05, 0) is 256 Å². The number of fused-ring (bicyclic) bond motifs is 4. The van der Waals surface area contributed by atoms with Gasteiger partial charge in [0.15, 0.2) is 23.6 Å². The Morgan fingerprint density at radius 2 is 0.929 bits per heavy atom. The van der Waals surface area contributed by atoms with Crippen molar-refractivity contribution in [2.75, 3.05) is 40.6 Å². The highest BCUT2D eigenvalue weighted by Crippen LogP contribution is 2.47. The molecule has 3 N–H and O–H groups in total. The summed E-state index contributed by atoms with van der Waals surface area (Å²) in [5.41, 5.74) is 12.9. The number of carbonyl (C=O) groups is 10. The van der Waals surface area contributed by atoms with E-state index >= 15 is 0 Å². The third-order valence-corrected chi connectivity index (χ3v) is 21.3. The third-order valence-electron chi connectivity index (χ3n) is 16.4. The van der Waals surface area contributed by atoms with Crippen molar-refractivity contribution in [2.45, 2.75) is 119 Å². The molecule has 27 nitrogen and oxygen atoms in total. The van der Waals surface area contributed by atoms with E-state index in [0.717, 1.165) is 90.1 Å². The maximum Gasteiger partial charge on any atom is 0.340 e. The van der Waals surface area contributed by atoms with Crippen LogP contribution in [0.4, 0.5) is 4.39 Å². The highest BCUT2D eigenvalue weighted by molar-refractivity contribution is 9.11. The van der Waals surface area contributed by atoms with E-state index in [0.29, 0.717) is 119 Å². The summed E-state index contributed by atoms with van der Waals surface area (Å²) < 4.78 is 49.0. The van der Waals surface area contributed by atoms with Gasteiger partial charge in [-0.3, -0.25) is 54.1 Å². The highest BCUT2D eigenvalue weighted by atomic mass is 79.9. The van der Waals surface area contributed by atoms with Crippen molar-refractivity contribution in [3.05, 3.63) is 227 Å². The number of Topliss-reactive ketones (excluding diaryl/α,β-unsaturated/α-hetero) is 2. The number of hydrogen-bond acceptors (Lipinski definition) is 24. The number of esters is 4. The molecule has 1 saturated heterocycles. The van der Waals surface area contributed by atoms with Crippen LogP contribution in [0.15, 0.2) is 104 Å². The van der Waals surface area contributed by atoms with Crippen molar-refractivity contribution in [3.63, 3.8) is 0 Å². The summed E-state index contributed by atoms with van der Waals surface area (Å²) in [7, 11) is 2.61. The van der Waals surface area contributed by atoms with Gasteiger partial charge in [0.25, 0.3) is 0 Å². The van der Waals surface area contributed by atoms with Crippen LogP contribution in [0.2, 0.25) is 0 Å². The fraction of sp³-hybridized carbons (Fsp3) is 0.316. The maximum atomic E-state index is 12.5. The summed E-state index contributed by atoms with van der Waals surface area (Å²) in [6.45, 7) is 17.9. The molecule has 0 amide bonds. The quantitative estimate of drug-likeness (QED) is 0.0317. The number of aryl methyl sites for hydroxylation is 7. The lowest BCUT2D eigenvalue weighted by atomic mass is 10.0. The number of nitrogens with zero attached hydrogens (tertiary/aromatic N) is 8. The number of pyridine rings is 8. The number of carboxylic acid groups (broad SMARTS) is 3. The standard InChI is InChI=1S/C13H16BrNO4.C13H14BrNO4.C11H12BrNO2.2C9H8BrNO.C8H6BrNO3.C7H6BrNO2.C6H3BrFNO2/c2*1-4-19-11(16)6-5-9-10(14)7-15-8(2)12(9)13(17)18-3;1-7-10-8(9(12)6-13-7)2-3-11(10)14-4-5-15-11;2*1-5-9-6(2-3-8(9)12)7(10)4-11-5;1-4-7(8(12)13)5(3-11)6(9)2-10-4;1-4-6(7(10)11)2-5(8)3-9-4;7-3-1-4(6(10)11)5(8)9-2-3/h7H,4-6H2,1-3H3;5-7H,4H2,1-3H3;6H,2-5H2,1H3;2*4H,2-3H2,1H3;2-3H,1H3,(H,12,13);2-3H,1H3,(H,10,11);1-2H,(H,10,11)/b;6-5+;;;;;;.